The first kappa shape index (κ1) is 14.5. The molecule has 0 spiro atoms. The molecule has 5 nitrogen and oxygen atoms in total. The fourth-order valence-corrected chi connectivity index (χ4v) is 2.56. The lowest BCUT2D eigenvalue weighted by Gasteiger charge is -2.29. The van der Waals surface area contributed by atoms with Gasteiger partial charge in [-0.25, -0.2) is 4.39 Å². The fourth-order valence-electron chi connectivity index (χ4n) is 2.56. The van der Waals surface area contributed by atoms with Crippen molar-refractivity contribution in [3.63, 3.8) is 0 Å². The van der Waals surface area contributed by atoms with Gasteiger partial charge >= 0.3 is 0 Å². The second kappa shape index (κ2) is 5.76. The average molecular weight is 301 g/mol. The van der Waals surface area contributed by atoms with Crippen LogP contribution in [0.3, 0.4) is 0 Å². The molecule has 2 aliphatic rings. The number of fused-ring (bicyclic) bond motifs is 1. The van der Waals surface area contributed by atoms with Crippen LogP contribution in [-0.4, -0.2) is 24.7 Å². The molecule has 0 aromatic heterocycles. The number of benzene rings is 1. The maximum Gasteiger partial charge on any atom is 0.227 e. The van der Waals surface area contributed by atoms with Crippen LogP contribution < -0.4 is 9.64 Å². The summed E-state index contributed by atoms with van der Waals surface area (Å²) in [7, 11) is 0. The van der Waals surface area contributed by atoms with Gasteiger partial charge in [-0.2, -0.15) is 10.2 Å². The normalized spacial score (nSPS) is 17.4. The monoisotopic (exact) mass is 301 g/mol. The molecule has 114 valence electrons. The summed E-state index contributed by atoms with van der Waals surface area (Å²) in [6.07, 6.45) is 7.34. The molecule has 6 heteroatoms. The van der Waals surface area contributed by atoms with E-state index in [1.54, 1.807) is 11.0 Å². The Morgan fingerprint density at radius 1 is 1.45 bits per heavy atom. The fraction of sp³-hybridized carbons (Fsp3) is 0.438. The average Bonchev–Trinajstić information content (AvgIpc) is 3.30. The van der Waals surface area contributed by atoms with Crippen molar-refractivity contribution < 1.29 is 13.9 Å². The van der Waals surface area contributed by atoms with Gasteiger partial charge in [0.05, 0.1) is 12.2 Å². The number of hydrogen-bond donors (Lipinski definition) is 0. The van der Waals surface area contributed by atoms with Crippen molar-refractivity contribution in [2.75, 3.05) is 18.1 Å². The summed E-state index contributed by atoms with van der Waals surface area (Å²) in [4.78, 5) is 14.0. The molecule has 2 heterocycles. The van der Waals surface area contributed by atoms with E-state index in [9.17, 15) is 9.18 Å². The molecule has 0 saturated carbocycles. The lowest BCUT2D eigenvalue weighted by molar-refractivity contribution is -0.119. The summed E-state index contributed by atoms with van der Waals surface area (Å²) in [5.74, 6) is 2.63. The zero-order valence-corrected chi connectivity index (χ0v) is 12.1. The van der Waals surface area contributed by atoms with E-state index in [2.05, 4.69) is 16.1 Å². The van der Waals surface area contributed by atoms with Gasteiger partial charge < -0.3 is 9.64 Å². The van der Waals surface area contributed by atoms with Crippen LogP contribution in [-0.2, 0) is 4.79 Å². The van der Waals surface area contributed by atoms with E-state index in [-0.39, 0.29) is 11.7 Å². The molecule has 0 bridgehead atoms. The predicted octanol–water partition coefficient (Wildman–Crippen LogP) is 2.91. The van der Waals surface area contributed by atoms with E-state index >= 15 is 0 Å². The molecule has 0 fully saturated rings. The Morgan fingerprint density at radius 3 is 3.00 bits per heavy atom. The third-order valence-corrected chi connectivity index (χ3v) is 3.88. The van der Waals surface area contributed by atoms with Crippen LogP contribution in [0.2, 0.25) is 0 Å². The number of anilines is 1. The Balaban J connectivity index is 1.65. The van der Waals surface area contributed by atoms with Gasteiger partial charge in [-0.3, -0.25) is 4.79 Å². The van der Waals surface area contributed by atoms with Crippen LogP contribution >= 0.6 is 0 Å². The predicted molar refractivity (Wildman–Crippen MR) is 79.1 cm³/mol. The minimum atomic E-state index is -0.473. The van der Waals surface area contributed by atoms with Gasteiger partial charge in [0.2, 0.25) is 5.91 Å². The minimum Gasteiger partial charge on any atom is -0.490 e. The maximum absolute atomic E-state index is 13.4. The number of carbonyl (C=O) groups excluding carboxylic acids is 1. The summed E-state index contributed by atoms with van der Waals surface area (Å²) in [6.45, 7) is 0.822. The summed E-state index contributed by atoms with van der Waals surface area (Å²) in [5, 5.41) is 8.04. The molecule has 0 atom stereocenters. The first-order chi connectivity index (χ1) is 10.6. The van der Waals surface area contributed by atoms with E-state index in [1.807, 2.05) is 0 Å². The SMILES string of the molecule is C#CCCC1(CCC(=O)N2CCOc3ccc(F)cc32)N=N1. The van der Waals surface area contributed by atoms with Gasteiger partial charge in [0.1, 0.15) is 18.2 Å². The van der Waals surface area contributed by atoms with Crippen LogP contribution in [0.25, 0.3) is 0 Å². The smallest absolute Gasteiger partial charge is 0.227 e. The molecule has 3 rings (SSSR count). The van der Waals surface area contributed by atoms with Crippen molar-refractivity contribution in [2.24, 2.45) is 10.2 Å². The number of hydrogen-bond acceptors (Lipinski definition) is 4. The molecule has 0 saturated heterocycles. The van der Waals surface area contributed by atoms with E-state index < -0.39 is 5.66 Å². The number of rotatable bonds is 5. The summed E-state index contributed by atoms with van der Waals surface area (Å²) in [6, 6.07) is 4.19. The first-order valence-electron chi connectivity index (χ1n) is 7.24. The van der Waals surface area contributed by atoms with Crippen LogP contribution in [0.1, 0.15) is 25.7 Å². The second-order valence-corrected chi connectivity index (χ2v) is 5.39. The van der Waals surface area contributed by atoms with Crippen molar-refractivity contribution in [2.45, 2.75) is 31.3 Å². The van der Waals surface area contributed by atoms with Crippen LogP contribution in [0.5, 0.6) is 5.75 Å². The van der Waals surface area contributed by atoms with Gasteiger partial charge in [0.15, 0.2) is 5.66 Å². The van der Waals surface area contributed by atoms with E-state index in [0.29, 0.717) is 50.3 Å². The molecule has 1 aromatic carbocycles. The van der Waals surface area contributed by atoms with Crippen LogP contribution in [0, 0.1) is 18.2 Å². The first-order valence-corrected chi connectivity index (χ1v) is 7.24. The molecular weight excluding hydrogens is 285 g/mol. The molecule has 1 amide bonds. The van der Waals surface area contributed by atoms with Crippen molar-refractivity contribution in [1.29, 1.82) is 0 Å². The molecule has 2 aliphatic heterocycles. The lowest BCUT2D eigenvalue weighted by Crippen LogP contribution is -2.38. The van der Waals surface area contributed by atoms with E-state index in [4.69, 9.17) is 11.2 Å². The maximum atomic E-state index is 13.4. The van der Waals surface area contributed by atoms with Gasteiger partial charge in [0, 0.05) is 31.7 Å². The summed E-state index contributed by atoms with van der Waals surface area (Å²) >= 11 is 0. The van der Waals surface area contributed by atoms with Crippen molar-refractivity contribution in [3.05, 3.63) is 24.0 Å². The van der Waals surface area contributed by atoms with Crippen molar-refractivity contribution in [3.8, 4) is 18.1 Å². The van der Waals surface area contributed by atoms with E-state index in [0.717, 1.165) is 0 Å². The second-order valence-electron chi connectivity index (χ2n) is 5.39. The number of amides is 1. The van der Waals surface area contributed by atoms with Gasteiger partial charge in [-0.15, -0.1) is 12.3 Å². The summed E-state index contributed by atoms with van der Waals surface area (Å²) in [5.41, 5.74) is 0.0117. The largest absolute Gasteiger partial charge is 0.490 e. The summed E-state index contributed by atoms with van der Waals surface area (Å²) < 4.78 is 18.9. The van der Waals surface area contributed by atoms with Gasteiger partial charge in [-0.05, 0) is 12.1 Å². The number of ether oxygens (including phenoxy) is 1. The number of carbonyl (C=O) groups is 1. The molecule has 1 aromatic rings. The standard InChI is InChI=1S/C16H16FN3O2/c1-2-3-7-16(18-19-16)8-6-15(21)20-9-10-22-14-5-4-12(17)11-13(14)20/h1,4-5,11H,3,6-10H2. The Kier molecular flexibility index (Phi) is 3.80. The van der Waals surface area contributed by atoms with Crippen LogP contribution in [0.15, 0.2) is 28.4 Å². The van der Waals surface area contributed by atoms with Crippen molar-refractivity contribution >= 4 is 11.6 Å². The Bertz CT molecular complexity index is 660. The minimum absolute atomic E-state index is 0.0764. The number of nitrogens with zero attached hydrogens (tertiary/aromatic N) is 3. The highest BCUT2D eigenvalue weighted by Gasteiger charge is 2.40. The number of halogens is 1. The highest BCUT2D eigenvalue weighted by molar-refractivity contribution is 5.95. The topological polar surface area (TPSA) is 54.3 Å². The Morgan fingerprint density at radius 2 is 2.27 bits per heavy atom. The third kappa shape index (κ3) is 2.93. The van der Waals surface area contributed by atoms with E-state index in [1.165, 1.54) is 12.1 Å². The molecule has 0 N–H and O–H groups in total. The van der Waals surface area contributed by atoms with Gasteiger partial charge in [-0.1, -0.05) is 0 Å². The zero-order chi connectivity index (χ0) is 15.6. The molecular formula is C16H16FN3O2. The Labute approximate surface area is 128 Å². The lowest BCUT2D eigenvalue weighted by atomic mass is 10.0. The van der Waals surface area contributed by atoms with Gasteiger partial charge in [0.25, 0.3) is 0 Å². The molecule has 0 unspecified atom stereocenters. The third-order valence-electron chi connectivity index (χ3n) is 3.88. The Hall–Kier alpha value is -2.42. The highest BCUT2D eigenvalue weighted by Crippen LogP contribution is 2.38. The molecule has 0 radical (unpaired) electrons. The highest BCUT2D eigenvalue weighted by atomic mass is 19.1. The van der Waals surface area contributed by atoms with Crippen LogP contribution in [0.4, 0.5) is 10.1 Å². The molecule has 22 heavy (non-hydrogen) atoms. The molecule has 0 aliphatic carbocycles. The zero-order valence-electron chi connectivity index (χ0n) is 12.1. The number of terminal acetylenes is 1. The van der Waals surface area contributed by atoms with Crippen molar-refractivity contribution in [1.82, 2.24) is 0 Å². The quantitative estimate of drug-likeness (QED) is 0.785.